The van der Waals surface area contributed by atoms with E-state index in [9.17, 15) is 26.3 Å². The summed E-state index contributed by atoms with van der Waals surface area (Å²) in [6.07, 6.45) is -9.50. The van der Waals surface area contributed by atoms with E-state index in [1.807, 2.05) is 133 Å². The highest BCUT2D eigenvalue weighted by atomic mass is 19.4. The van der Waals surface area contributed by atoms with Gasteiger partial charge < -0.3 is 4.57 Å². The van der Waals surface area contributed by atoms with Gasteiger partial charge in [0.25, 0.3) is 0 Å². The lowest BCUT2D eigenvalue weighted by atomic mass is 10.0. The molecule has 0 fully saturated rings. The Morgan fingerprint density at radius 3 is 1.17 bits per heavy atom. The van der Waals surface area contributed by atoms with Gasteiger partial charge in [0.15, 0.2) is 23.3 Å². The number of fused-ring (bicyclic) bond motifs is 3. The van der Waals surface area contributed by atoms with E-state index >= 15 is 0 Å². The zero-order valence-electron chi connectivity index (χ0n) is 32.8. The first-order valence-corrected chi connectivity index (χ1v) is 19.7. The summed E-state index contributed by atoms with van der Waals surface area (Å²) in [4.78, 5) is 24.8. The molecule has 0 aliphatic rings. The SMILES string of the molecule is FC(F)(F)c1ccc2c(c1)c1cc(C(F)(F)F)ccc1n2-c1ccc(-c2nc(-c3ccccc3)nc(-c3ccccc3)n2)cc1-c1cc(-c2ccccc2)nc(-c2ccccc2)n1. The van der Waals surface area contributed by atoms with Crippen molar-refractivity contribution in [1.82, 2.24) is 29.5 Å². The van der Waals surface area contributed by atoms with Gasteiger partial charge in [-0.25, -0.2) is 24.9 Å². The van der Waals surface area contributed by atoms with Gasteiger partial charge in [0.1, 0.15) is 0 Å². The highest BCUT2D eigenvalue weighted by molar-refractivity contribution is 6.10. The van der Waals surface area contributed by atoms with Gasteiger partial charge in [0.05, 0.1) is 39.2 Å². The molecular weight excluding hydrogens is 811 g/mol. The summed E-state index contributed by atoms with van der Waals surface area (Å²) in [7, 11) is 0. The van der Waals surface area contributed by atoms with Crippen LogP contribution in [0.4, 0.5) is 26.3 Å². The lowest BCUT2D eigenvalue weighted by Gasteiger charge is -2.17. The summed E-state index contributed by atoms with van der Waals surface area (Å²) in [5.74, 6) is 1.57. The van der Waals surface area contributed by atoms with Gasteiger partial charge in [-0.3, -0.25) is 0 Å². The fraction of sp³-hybridized carbons (Fsp3) is 0.0392. The van der Waals surface area contributed by atoms with Gasteiger partial charge in [-0.2, -0.15) is 26.3 Å². The molecule has 12 heteroatoms. The largest absolute Gasteiger partial charge is 0.416 e. The number of benzene rings is 7. The molecule has 7 aromatic carbocycles. The fourth-order valence-corrected chi connectivity index (χ4v) is 7.71. The summed E-state index contributed by atoms with van der Waals surface area (Å²) in [6.45, 7) is 0. The second kappa shape index (κ2) is 15.5. The Bertz CT molecular complexity index is 3110. The van der Waals surface area contributed by atoms with E-state index in [0.717, 1.165) is 46.5 Å². The van der Waals surface area contributed by atoms with Gasteiger partial charge in [0, 0.05) is 44.2 Å². The van der Waals surface area contributed by atoms with Gasteiger partial charge in [0.2, 0.25) is 0 Å². The van der Waals surface area contributed by atoms with E-state index in [2.05, 4.69) is 0 Å². The monoisotopic (exact) mass is 840 g/mol. The van der Waals surface area contributed by atoms with Crippen LogP contribution in [0.1, 0.15) is 11.1 Å². The predicted octanol–water partition coefficient (Wildman–Crippen LogP) is 13.8. The first-order valence-electron chi connectivity index (χ1n) is 19.7. The molecule has 0 bridgehead atoms. The highest BCUT2D eigenvalue weighted by Gasteiger charge is 2.34. The lowest BCUT2D eigenvalue weighted by molar-refractivity contribution is -0.138. The van der Waals surface area contributed by atoms with Crippen molar-refractivity contribution < 1.29 is 26.3 Å². The van der Waals surface area contributed by atoms with E-state index < -0.39 is 23.5 Å². The molecule has 0 saturated carbocycles. The molecular formula is C51H30F6N6. The third-order valence-corrected chi connectivity index (χ3v) is 10.7. The van der Waals surface area contributed by atoms with Crippen LogP contribution in [0.3, 0.4) is 0 Å². The number of alkyl halides is 6. The molecule has 0 N–H and O–H groups in total. The van der Waals surface area contributed by atoms with Crippen molar-refractivity contribution in [2.45, 2.75) is 12.4 Å². The van der Waals surface area contributed by atoms with Crippen molar-refractivity contribution in [3.63, 3.8) is 0 Å². The number of nitrogens with zero attached hydrogens (tertiary/aromatic N) is 6. The zero-order chi connectivity index (χ0) is 43.3. The first-order chi connectivity index (χ1) is 30.5. The van der Waals surface area contributed by atoms with Crippen molar-refractivity contribution in [2.24, 2.45) is 0 Å². The van der Waals surface area contributed by atoms with Crippen LogP contribution in [-0.4, -0.2) is 29.5 Å². The molecule has 0 radical (unpaired) electrons. The Labute approximate surface area is 355 Å². The molecule has 10 aromatic rings. The van der Waals surface area contributed by atoms with Crippen molar-refractivity contribution in [3.8, 4) is 73.8 Å². The van der Waals surface area contributed by atoms with E-state index in [-0.39, 0.29) is 21.8 Å². The highest BCUT2D eigenvalue weighted by Crippen LogP contribution is 2.43. The van der Waals surface area contributed by atoms with E-state index in [1.165, 1.54) is 12.1 Å². The third-order valence-electron chi connectivity index (χ3n) is 10.7. The van der Waals surface area contributed by atoms with E-state index in [0.29, 0.717) is 51.5 Å². The van der Waals surface area contributed by atoms with Crippen LogP contribution < -0.4 is 0 Å². The number of halogens is 6. The summed E-state index contributed by atoms with van der Waals surface area (Å²) >= 11 is 0. The Morgan fingerprint density at radius 1 is 0.333 bits per heavy atom. The standard InChI is InChI=1S/C51H30F6N6/c52-50(53,54)36-22-25-43-38(28-36)39-29-37(51(55,56)57)23-26-44(39)63(43)45-24-21-35(49-61-47(33-17-9-3-10-18-33)60-48(62-49)34-19-11-4-12-20-34)27-40(45)42-30-41(31-13-5-1-6-14-31)58-46(59-42)32-15-7-2-8-16-32/h1-30H. The number of hydrogen-bond acceptors (Lipinski definition) is 5. The third kappa shape index (κ3) is 7.56. The molecule has 63 heavy (non-hydrogen) atoms. The minimum Gasteiger partial charge on any atom is -0.309 e. The molecule has 0 unspecified atom stereocenters. The van der Waals surface area contributed by atoms with Crippen LogP contribution in [0.25, 0.3) is 95.6 Å². The molecule has 306 valence electrons. The molecule has 0 saturated heterocycles. The topological polar surface area (TPSA) is 69.4 Å². The maximum atomic E-state index is 14.2. The van der Waals surface area contributed by atoms with Crippen LogP contribution >= 0.6 is 0 Å². The summed E-state index contributed by atoms with van der Waals surface area (Å²) in [5.41, 5.74) is 4.03. The van der Waals surface area contributed by atoms with Crippen LogP contribution in [0, 0.1) is 0 Å². The first kappa shape index (κ1) is 39.2. The van der Waals surface area contributed by atoms with E-state index in [4.69, 9.17) is 24.9 Å². The van der Waals surface area contributed by atoms with Crippen LogP contribution in [0.2, 0.25) is 0 Å². The minimum absolute atomic E-state index is 0.00365. The minimum atomic E-state index is -4.75. The average molecular weight is 841 g/mol. The quantitative estimate of drug-likeness (QED) is 0.150. The van der Waals surface area contributed by atoms with Gasteiger partial charge in [-0.05, 0) is 60.7 Å². The molecule has 0 spiro atoms. The average Bonchev–Trinajstić information content (AvgIpc) is 3.64. The molecule has 6 nitrogen and oxygen atoms in total. The van der Waals surface area contributed by atoms with Crippen molar-refractivity contribution >= 4 is 21.8 Å². The fourth-order valence-electron chi connectivity index (χ4n) is 7.71. The van der Waals surface area contributed by atoms with Crippen molar-refractivity contribution in [2.75, 3.05) is 0 Å². The normalized spacial score (nSPS) is 12.0. The molecule has 3 aromatic heterocycles. The number of aromatic nitrogens is 6. The summed E-state index contributed by atoms with van der Waals surface area (Å²) in [6, 6.07) is 51.3. The van der Waals surface area contributed by atoms with Crippen LogP contribution in [0.15, 0.2) is 182 Å². The van der Waals surface area contributed by atoms with E-state index in [1.54, 1.807) is 16.7 Å². The second-order valence-corrected chi connectivity index (χ2v) is 14.8. The van der Waals surface area contributed by atoms with Crippen LogP contribution in [-0.2, 0) is 12.4 Å². The lowest BCUT2D eigenvalue weighted by Crippen LogP contribution is -2.05. The van der Waals surface area contributed by atoms with Gasteiger partial charge in [-0.1, -0.05) is 121 Å². The summed E-state index contributed by atoms with van der Waals surface area (Å²) < 4.78 is 87.0. The van der Waals surface area contributed by atoms with Crippen molar-refractivity contribution in [1.29, 1.82) is 0 Å². The number of hydrogen-bond donors (Lipinski definition) is 0. The Kier molecular flexibility index (Phi) is 9.62. The van der Waals surface area contributed by atoms with Gasteiger partial charge in [-0.15, -0.1) is 0 Å². The number of rotatable bonds is 7. The Hall–Kier alpha value is -7.99. The maximum Gasteiger partial charge on any atom is 0.416 e. The Balaban J connectivity index is 1.29. The van der Waals surface area contributed by atoms with Crippen molar-refractivity contribution in [3.05, 3.63) is 193 Å². The second-order valence-electron chi connectivity index (χ2n) is 14.8. The molecule has 0 atom stereocenters. The maximum absolute atomic E-state index is 14.2. The molecule has 10 rings (SSSR count). The molecule has 0 aliphatic heterocycles. The van der Waals surface area contributed by atoms with Crippen LogP contribution in [0.5, 0.6) is 0 Å². The van der Waals surface area contributed by atoms with Gasteiger partial charge >= 0.3 is 12.4 Å². The molecule has 3 heterocycles. The zero-order valence-corrected chi connectivity index (χ0v) is 32.8. The Morgan fingerprint density at radius 2 is 0.730 bits per heavy atom. The molecule has 0 amide bonds. The smallest absolute Gasteiger partial charge is 0.309 e. The molecule has 0 aliphatic carbocycles. The predicted molar refractivity (Wildman–Crippen MR) is 232 cm³/mol. The summed E-state index contributed by atoms with van der Waals surface area (Å²) in [5, 5.41) is -0.00729.